The van der Waals surface area contributed by atoms with Crippen LogP contribution in [0.3, 0.4) is 0 Å². The molecule has 2 nitrogen and oxygen atoms in total. The monoisotopic (exact) mass is 327 g/mol. The second-order valence-corrected chi connectivity index (χ2v) is 9.63. The van der Waals surface area contributed by atoms with Gasteiger partial charge in [0.25, 0.3) is 0 Å². The fourth-order valence-corrected chi connectivity index (χ4v) is 3.09. The van der Waals surface area contributed by atoms with Gasteiger partial charge in [-0.1, -0.05) is 36.7 Å². The molecule has 0 amide bonds. The summed E-state index contributed by atoms with van der Waals surface area (Å²) in [7, 11) is -0.776. The van der Waals surface area contributed by atoms with Crippen molar-refractivity contribution in [2.24, 2.45) is 0 Å². The number of benzene rings is 1. The van der Waals surface area contributed by atoms with Crippen LogP contribution in [0.2, 0.25) is 11.6 Å². The van der Waals surface area contributed by atoms with Gasteiger partial charge in [-0.3, -0.25) is 0 Å². The Bertz CT molecular complexity index is 428. The molecule has 99 valence electrons. The molecule has 1 aromatic carbocycles. The largest absolute Gasteiger partial charge is 0.487 e. The molecule has 1 atom stereocenters. The van der Waals surface area contributed by atoms with E-state index in [0.29, 0.717) is 6.61 Å². The first kappa shape index (κ1) is 14.1. The Morgan fingerprint density at radius 1 is 1.44 bits per heavy atom. The summed E-state index contributed by atoms with van der Waals surface area (Å²) in [6, 6.07) is 6.18. The van der Waals surface area contributed by atoms with Crippen molar-refractivity contribution < 1.29 is 9.16 Å². The quantitative estimate of drug-likeness (QED) is 0.775. The summed E-state index contributed by atoms with van der Waals surface area (Å²) in [5.41, 5.74) is 1.28. The Balaban J connectivity index is 1.89. The van der Waals surface area contributed by atoms with E-state index >= 15 is 0 Å². The molecule has 0 aliphatic carbocycles. The SMILES string of the molecule is C[Si](OCC1Cc2cc(Br)ccc2O1)C(C)(C)C. The van der Waals surface area contributed by atoms with Gasteiger partial charge in [0, 0.05) is 10.9 Å². The maximum absolute atomic E-state index is 6.02. The zero-order valence-corrected chi connectivity index (χ0v) is 14.0. The standard InChI is InChI=1S/C14H20BrO2Si/c1-14(2,3)18(4)16-9-12-8-10-7-11(15)5-6-13(10)17-12/h5-7,12H,8-9H2,1-4H3. The van der Waals surface area contributed by atoms with Crippen LogP contribution in [0.1, 0.15) is 26.3 Å². The average molecular weight is 328 g/mol. The summed E-state index contributed by atoms with van der Waals surface area (Å²) in [4.78, 5) is 0. The summed E-state index contributed by atoms with van der Waals surface area (Å²) in [5.74, 6) is 1.01. The number of rotatable bonds is 3. The van der Waals surface area contributed by atoms with Crippen LogP contribution in [0, 0.1) is 0 Å². The van der Waals surface area contributed by atoms with E-state index < -0.39 is 9.04 Å². The molecular weight excluding hydrogens is 308 g/mol. The van der Waals surface area contributed by atoms with Gasteiger partial charge < -0.3 is 9.16 Å². The molecule has 0 saturated heterocycles. The Labute approximate surface area is 120 Å². The Morgan fingerprint density at radius 2 is 2.17 bits per heavy atom. The van der Waals surface area contributed by atoms with Gasteiger partial charge in [-0.05, 0) is 35.3 Å². The van der Waals surface area contributed by atoms with Crippen LogP contribution >= 0.6 is 15.9 Å². The molecule has 0 aromatic heterocycles. The van der Waals surface area contributed by atoms with E-state index in [4.69, 9.17) is 9.16 Å². The molecule has 0 fully saturated rings. The van der Waals surface area contributed by atoms with E-state index in [9.17, 15) is 0 Å². The number of hydrogen-bond donors (Lipinski definition) is 0. The van der Waals surface area contributed by atoms with Gasteiger partial charge >= 0.3 is 0 Å². The molecular formula is C14H20BrO2Si. The molecule has 0 spiro atoms. The van der Waals surface area contributed by atoms with Crippen molar-refractivity contribution in [3.63, 3.8) is 0 Å². The molecule has 1 aliphatic rings. The van der Waals surface area contributed by atoms with Crippen molar-refractivity contribution in [1.29, 1.82) is 0 Å². The van der Waals surface area contributed by atoms with Crippen LogP contribution in [0.25, 0.3) is 0 Å². The highest BCUT2D eigenvalue weighted by molar-refractivity contribution is 9.10. The summed E-state index contributed by atoms with van der Waals surface area (Å²) < 4.78 is 13.0. The van der Waals surface area contributed by atoms with Gasteiger partial charge in [-0.15, -0.1) is 0 Å². The smallest absolute Gasteiger partial charge is 0.214 e. The second-order valence-electron chi connectivity index (χ2n) is 5.81. The van der Waals surface area contributed by atoms with E-state index in [1.54, 1.807) is 0 Å². The van der Waals surface area contributed by atoms with Crippen LogP contribution in [-0.4, -0.2) is 21.8 Å². The molecule has 1 aromatic rings. The molecule has 1 aliphatic heterocycles. The lowest BCUT2D eigenvalue weighted by molar-refractivity contribution is 0.144. The highest BCUT2D eigenvalue weighted by atomic mass is 79.9. The molecule has 1 heterocycles. The predicted octanol–water partition coefficient (Wildman–Crippen LogP) is 4.19. The highest BCUT2D eigenvalue weighted by Crippen LogP contribution is 2.32. The first-order valence-electron chi connectivity index (χ1n) is 6.28. The lowest BCUT2D eigenvalue weighted by Crippen LogP contribution is -2.31. The maximum Gasteiger partial charge on any atom is 0.214 e. The lowest BCUT2D eigenvalue weighted by atomic mass is 10.1. The van der Waals surface area contributed by atoms with Crippen LogP contribution in [-0.2, 0) is 10.8 Å². The molecule has 1 radical (unpaired) electrons. The molecule has 1 unspecified atom stereocenters. The van der Waals surface area contributed by atoms with Crippen molar-refractivity contribution in [2.75, 3.05) is 6.61 Å². The van der Waals surface area contributed by atoms with Gasteiger partial charge in [0.2, 0.25) is 9.04 Å². The molecule has 4 heteroatoms. The number of ether oxygens (including phenoxy) is 1. The van der Waals surface area contributed by atoms with E-state index in [-0.39, 0.29) is 11.1 Å². The van der Waals surface area contributed by atoms with Gasteiger partial charge in [-0.25, -0.2) is 0 Å². The summed E-state index contributed by atoms with van der Waals surface area (Å²) in [6.45, 7) is 9.64. The minimum atomic E-state index is -0.776. The topological polar surface area (TPSA) is 18.5 Å². The summed E-state index contributed by atoms with van der Waals surface area (Å²) >= 11 is 3.49. The summed E-state index contributed by atoms with van der Waals surface area (Å²) in [5, 5.41) is 0.277. The third-order valence-electron chi connectivity index (χ3n) is 3.31. The Morgan fingerprint density at radius 3 is 2.83 bits per heavy atom. The zero-order chi connectivity index (χ0) is 13.3. The second kappa shape index (κ2) is 5.35. The highest BCUT2D eigenvalue weighted by Gasteiger charge is 2.28. The maximum atomic E-state index is 6.02. The third kappa shape index (κ3) is 3.37. The first-order valence-corrected chi connectivity index (χ1v) is 8.98. The normalized spacial score (nSPS) is 18.9. The zero-order valence-electron chi connectivity index (χ0n) is 11.4. The minimum Gasteiger partial charge on any atom is -0.487 e. The first-order chi connectivity index (χ1) is 8.36. The van der Waals surface area contributed by atoms with Crippen molar-refractivity contribution in [3.8, 4) is 5.75 Å². The lowest BCUT2D eigenvalue weighted by Gasteiger charge is -2.25. The number of hydrogen-bond acceptors (Lipinski definition) is 2. The Hall–Kier alpha value is -0.323. The van der Waals surface area contributed by atoms with E-state index in [1.165, 1.54) is 5.56 Å². The molecule has 0 saturated carbocycles. The van der Waals surface area contributed by atoms with Crippen molar-refractivity contribution in [2.45, 2.75) is 44.9 Å². The van der Waals surface area contributed by atoms with Crippen LogP contribution in [0.15, 0.2) is 22.7 Å². The van der Waals surface area contributed by atoms with Crippen LogP contribution in [0.5, 0.6) is 5.75 Å². The minimum absolute atomic E-state index is 0.177. The van der Waals surface area contributed by atoms with E-state index in [2.05, 4.69) is 49.3 Å². The fraction of sp³-hybridized carbons (Fsp3) is 0.571. The van der Waals surface area contributed by atoms with Gasteiger partial charge in [-0.2, -0.15) is 0 Å². The van der Waals surface area contributed by atoms with Crippen LogP contribution in [0.4, 0.5) is 0 Å². The molecule has 0 N–H and O–H groups in total. The number of halogens is 1. The molecule has 18 heavy (non-hydrogen) atoms. The summed E-state index contributed by atoms with van der Waals surface area (Å²) in [6.07, 6.45) is 1.13. The van der Waals surface area contributed by atoms with Crippen molar-refractivity contribution >= 4 is 25.0 Å². The van der Waals surface area contributed by atoms with Crippen molar-refractivity contribution in [3.05, 3.63) is 28.2 Å². The average Bonchev–Trinajstić information content (AvgIpc) is 2.66. The van der Waals surface area contributed by atoms with E-state index in [1.807, 2.05) is 12.1 Å². The fourth-order valence-electron chi connectivity index (χ4n) is 1.82. The van der Waals surface area contributed by atoms with Gasteiger partial charge in [0.05, 0.1) is 6.61 Å². The molecule has 2 rings (SSSR count). The Kier molecular flexibility index (Phi) is 4.19. The van der Waals surface area contributed by atoms with Gasteiger partial charge in [0.15, 0.2) is 0 Å². The molecule has 0 bridgehead atoms. The van der Waals surface area contributed by atoms with Crippen LogP contribution < -0.4 is 4.74 Å². The number of fused-ring (bicyclic) bond motifs is 1. The van der Waals surface area contributed by atoms with E-state index in [0.717, 1.165) is 16.6 Å². The van der Waals surface area contributed by atoms with Crippen molar-refractivity contribution in [1.82, 2.24) is 0 Å². The third-order valence-corrected chi connectivity index (χ3v) is 6.51. The predicted molar refractivity (Wildman–Crippen MR) is 79.5 cm³/mol. The van der Waals surface area contributed by atoms with Gasteiger partial charge in [0.1, 0.15) is 11.9 Å².